The number of piperidine rings is 1. The molecule has 266 valence electrons. The molecule has 0 bridgehead atoms. The molecule has 2 atom stereocenters. The van der Waals surface area contributed by atoms with Crippen LogP contribution in [0.1, 0.15) is 56.6 Å². The molecule has 1 amide bonds. The van der Waals surface area contributed by atoms with Crippen molar-refractivity contribution in [1.29, 1.82) is 0 Å². The van der Waals surface area contributed by atoms with Crippen LogP contribution in [0.3, 0.4) is 0 Å². The maximum atomic E-state index is 13.2. The summed E-state index contributed by atoms with van der Waals surface area (Å²) in [5.41, 5.74) is 10.2. The van der Waals surface area contributed by atoms with Crippen LogP contribution < -0.4 is 0 Å². The second-order valence-electron chi connectivity index (χ2n) is 12.1. The van der Waals surface area contributed by atoms with Gasteiger partial charge < -0.3 is 24.4 Å². The average molecular weight is 690 g/mol. The zero-order chi connectivity index (χ0) is 36.1. The first kappa shape index (κ1) is 37.7. The summed E-state index contributed by atoms with van der Waals surface area (Å²) in [6.45, 7) is 6.06. The number of likely N-dealkylation sites (tertiary alicyclic amines) is 1. The van der Waals surface area contributed by atoms with Crippen LogP contribution in [-0.2, 0) is 29.3 Å². The lowest BCUT2D eigenvalue weighted by atomic mass is 9.72. The zero-order valence-corrected chi connectivity index (χ0v) is 28.3. The molecular formula is C35H43N7O8. The maximum absolute atomic E-state index is 13.2. The molecule has 4 rings (SSSR count). The van der Waals surface area contributed by atoms with Crippen molar-refractivity contribution < 1.29 is 33.9 Å². The number of nitro groups is 1. The Bertz CT molecular complexity index is 1620. The topological polar surface area (TPSA) is 201 Å². The number of rotatable bonds is 18. The van der Waals surface area contributed by atoms with Gasteiger partial charge in [0.2, 0.25) is 6.41 Å². The van der Waals surface area contributed by atoms with Crippen molar-refractivity contribution in [3.63, 3.8) is 0 Å². The maximum Gasteiger partial charge on any atom is 0.316 e. The Balaban J connectivity index is 1.60. The summed E-state index contributed by atoms with van der Waals surface area (Å²) in [5, 5.41) is 25.3. The lowest BCUT2D eigenvalue weighted by Gasteiger charge is -2.40. The summed E-state index contributed by atoms with van der Waals surface area (Å²) in [6, 6.07) is 15.3. The van der Waals surface area contributed by atoms with Gasteiger partial charge in [-0.25, -0.2) is 0 Å². The third-order valence-corrected chi connectivity index (χ3v) is 9.30. The van der Waals surface area contributed by atoms with E-state index in [4.69, 9.17) is 20.0 Å². The highest BCUT2D eigenvalue weighted by molar-refractivity contribution is 6.04. The zero-order valence-electron chi connectivity index (χ0n) is 28.3. The highest BCUT2D eigenvalue weighted by Gasteiger charge is 2.45. The van der Waals surface area contributed by atoms with E-state index in [0.717, 1.165) is 5.56 Å². The SMILES string of the molecule is CCOC(=O)C1(c2ccccc2)CCN(CCCN(C=O)C2=C(COCCN=[N+]=[N-])N=C(CC)C(C(=O)O)C2c2ccc([N+](=O)[O-])cc2)CC1. The standard InChI is InChI=1S/C35H43N7O8/c1-3-28-31(33(44)45)30(25-11-13-27(14-12-25)42(47)48)32(29(38-28)23-49-22-17-37-39-36)41(24-43)19-8-18-40-20-15-35(16-21-40,34(46)50-4-2)26-9-6-5-7-10-26/h5-7,9-14,24,30-31H,3-4,8,15-23H2,1-2H3,(H,44,45). The van der Waals surface area contributed by atoms with Crippen LogP contribution in [0.4, 0.5) is 5.69 Å². The van der Waals surface area contributed by atoms with Gasteiger partial charge in [-0.2, -0.15) is 0 Å². The number of esters is 1. The molecule has 1 N–H and O–H groups in total. The Morgan fingerprint density at radius 1 is 1.18 bits per heavy atom. The number of azide groups is 1. The molecular weight excluding hydrogens is 646 g/mol. The fourth-order valence-electron chi connectivity index (χ4n) is 6.83. The number of amides is 1. The van der Waals surface area contributed by atoms with Gasteiger partial charge in [0, 0.05) is 41.8 Å². The number of ether oxygens (including phenoxy) is 2. The number of aliphatic imine (C=N–C) groups is 1. The third-order valence-electron chi connectivity index (χ3n) is 9.30. The van der Waals surface area contributed by atoms with E-state index in [1.54, 1.807) is 13.8 Å². The van der Waals surface area contributed by atoms with Gasteiger partial charge in [0.15, 0.2) is 0 Å². The Labute approximate surface area is 290 Å². The molecule has 1 fully saturated rings. The van der Waals surface area contributed by atoms with Crippen molar-refractivity contribution in [2.45, 2.75) is 50.9 Å². The number of allylic oxidation sites excluding steroid dienone is 1. The van der Waals surface area contributed by atoms with Crippen LogP contribution in [-0.4, -0.2) is 96.4 Å². The third kappa shape index (κ3) is 8.72. The van der Waals surface area contributed by atoms with Gasteiger partial charge in [0.1, 0.15) is 5.92 Å². The first-order valence-electron chi connectivity index (χ1n) is 16.7. The molecule has 0 spiro atoms. The highest BCUT2D eigenvalue weighted by atomic mass is 16.6. The first-order valence-corrected chi connectivity index (χ1v) is 16.7. The molecule has 2 unspecified atom stereocenters. The first-order chi connectivity index (χ1) is 24.2. The molecule has 50 heavy (non-hydrogen) atoms. The van der Waals surface area contributed by atoms with Crippen molar-refractivity contribution in [3.05, 3.63) is 97.7 Å². The van der Waals surface area contributed by atoms with Gasteiger partial charge in [-0.05, 0) is 68.9 Å². The van der Waals surface area contributed by atoms with E-state index in [0.29, 0.717) is 81.0 Å². The number of carbonyl (C=O) groups excluding carboxylic acids is 2. The van der Waals surface area contributed by atoms with E-state index in [1.165, 1.54) is 29.2 Å². The van der Waals surface area contributed by atoms with Crippen LogP contribution in [0.15, 0.2) is 76.1 Å². The van der Waals surface area contributed by atoms with Crippen LogP contribution in [0, 0.1) is 16.0 Å². The molecule has 2 aliphatic rings. The molecule has 0 aliphatic carbocycles. The minimum atomic E-state index is -1.14. The van der Waals surface area contributed by atoms with E-state index in [9.17, 15) is 29.6 Å². The second-order valence-corrected chi connectivity index (χ2v) is 12.1. The number of hydrogen-bond acceptors (Lipinski definition) is 10. The second kappa shape index (κ2) is 18.0. The highest BCUT2D eigenvalue weighted by Crippen LogP contribution is 2.42. The summed E-state index contributed by atoms with van der Waals surface area (Å²) in [5.74, 6) is -3.40. The van der Waals surface area contributed by atoms with Crippen molar-refractivity contribution in [2.24, 2.45) is 16.0 Å². The summed E-state index contributed by atoms with van der Waals surface area (Å²) >= 11 is 0. The lowest BCUT2D eigenvalue weighted by molar-refractivity contribution is -0.384. The van der Waals surface area contributed by atoms with Gasteiger partial charge in [-0.3, -0.25) is 29.5 Å². The number of hydrogen-bond donors (Lipinski definition) is 1. The molecule has 2 aliphatic heterocycles. The smallest absolute Gasteiger partial charge is 0.316 e. The number of nitrogens with zero attached hydrogens (tertiary/aromatic N) is 7. The van der Waals surface area contributed by atoms with E-state index >= 15 is 0 Å². The van der Waals surface area contributed by atoms with Gasteiger partial charge in [0.05, 0.1) is 41.6 Å². The predicted molar refractivity (Wildman–Crippen MR) is 184 cm³/mol. The van der Waals surface area contributed by atoms with E-state index in [2.05, 4.69) is 14.9 Å². The largest absolute Gasteiger partial charge is 0.481 e. The summed E-state index contributed by atoms with van der Waals surface area (Å²) in [4.78, 5) is 60.8. The molecule has 15 nitrogen and oxygen atoms in total. The van der Waals surface area contributed by atoms with Gasteiger partial charge in [-0.15, -0.1) is 0 Å². The van der Waals surface area contributed by atoms with Gasteiger partial charge in [0.25, 0.3) is 5.69 Å². The number of aliphatic carboxylic acids is 1. The lowest BCUT2D eigenvalue weighted by Crippen LogP contribution is -2.48. The summed E-state index contributed by atoms with van der Waals surface area (Å²) in [6.07, 6.45) is 2.64. The molecule has 0 saturated carbocycles. The number of carbonyl (C=O) groups is 3. The summed E-state index contributed by atoms with van der Waals surface area (Å²) in [7, 11) is 0. The van der Waals surface area contributed by atoms with Crippen LogP contribution >= 0.6 is 0 Å². The number of carboxylic acid groups (broad SMARTS) is 1. The molecule has 15 heteroatoms. The fourth-order valence-corrected chi connectivity index (χ4v) is 6.83. The number of non-ortho nitro benzene ring substituents is 1. The quantitative estimate of drug-likeness (QED) is 0.0318. The summed E-state index contributed by atoms with van der Waals surface area (Å²) < 4.78 is 11.3. The molecule has 1 saturated heterocycles. The van der Waals surface area contributed by atoms with Crippen LogP contribution in [0.5, 0.6) is 0 Å². The molecule has 2 aromatic carbocycles. The Kier molecular flexibility index (Phi) is 13.6. The van der Waals surface area contributed by atoms with Crippen LogP contribution in [0.2, 0.25) is 0 Å². The Morgan fingerprint density at radius 2 is 1.88 bits per heavy atom. The van der Waals surface area contributed by atoms with Gasteiger partial charge >= 0.3 is 11.9 Å². The molecule has 0 aromatic heterocycles. The molecule has 0 radical (unpaired) electrons. The number of benzene rings is 2. The number of carboxylic acids is 1. The van der Waals surface area contributed by atoms with Crippen molar-refractivity contribution >= 4 is 29.7 Å². The predicted octanol–water partition coefficient (Wildman–Crippen LogP) is 5.23. The Hall–Kier alpha value is -5.11. The molecule has 2 heterocycles. The minimum absolute atomic E-state index is 0.0714. The van der Waals surface area contributed by atoms with Gasteiger partial charge in [-0.1, -0.05) is 54.5 Å². The van der Waals surface area contributed by atoms with Crippen molar-refractivity contribution in [1.82, 2.24) is 9.80 Å². The van der Waals surface area contributed by atoms with Crippen molar-refractivity contribution in [2.75, 3.05) is 52.5 Å². The number of nitro benzene ring substituents is 1. The monoisotopic (exact) mass is 689 g/mol. The van der Waals surface area contributed by atoms with Crippen LogP contribution in [0.25, 0.3) is 10.4 Å². The Morgan fingerprint density at radius 3 is 2.46 bits per heavy atom. The van der Waals surface area contributed by atoms with Crippen molar-refractivity contribution in [3.8, 4) is 0 Å². The average Bonchev–Trinajstić information content (AvgIpc) is 3.13. The van der Waals surface area contributed by atoms with E-state index in [-0.39, 0.29) is 38.0 Å². The van der Waals surface area contributed by atoms with E-state index in [1.807, 2.05) is 30.3 Å². The normalized spacial score (nSPS) is 18.8. The minimum Gasteiger partial charge on any atom is -0.481 e. The fraction of sp³-hybridized carbons (Fsp3) is 0.486. The van der Waals surface area contributed by atoms with E-state index < -0.39 is 28.1 Å². The molecule has 2 aromatic rings.